The van der Waals surface area contributed by atoms with Crippen LogP contribution in [0.1, 0.15) is 44.0 Å². The summed E-state index contributed by atoms with van der Waals surface area (Å²) < 4.78 is 6.67. The molecule has 5 heteroatoms. The first-order chi connectivity index (χ1) is 11.0. The Balaban J connectivity index is 1.90. The zero-order valence-electron chi connectivity index (χ0n) is 14.3. The number of nitrogens with one attached hydrogen (secondary N) is 1. The zero-order chi connectivity index (χ0) is 16.8. The van der Waals surface area contributed by atoms with E-state index < -0.39 is 0 Å². The Bertz CT molecular complexity index is 534. The van der Waals surface area contributed by atoms with Gasteiger partial charge < -0.3 is 15.0 Å². The molecule has 128 valence electrons. The molecule has 23 heavy (non-hydrogen) atoms. The Kier molecular flexibility index (Phi) is 6.90. The van der Waals surface area contributed by atoms with Crippen molar-refractivity contribution in [3.8, 4) is 5.75 Å². The third-order valence-corrected chi connectivity index (χ3v) is 4.50. The molecule has 1 aliphatic heterocycles. The third kappa shape index (κ3) is 5.81. The van der Waals surface area contributed by atoms with Crippen LogP contribution in [0.2, 0.25) is 0 Å². The van der Waals surface area contributed by atoms with Crippen molar-refractivity contribution in [3.63, 3.8) is 0 Å². The highest BCUT2D eigenvalue weighted by atomic mass is 79.9. The molecule has 1 N–H and O–H groups in total. The number of halogens is 1. The number of carbonyl (C=O) groups is 1. The van der Waals surface area contributed by atoms with Crippen molar-refractivity contribution in [2.24, 2.45) is 5.92 Å². The lowest BCUT2D eigenvalue weighted by molar-refractivity contribution is 0.0938. The summed E-state index contributed by atoms with van der Waals surface area (Å²) in [6, 6.07) is 5.52. The van der Waals surface area contributed by atoms with Gasteiger partial charge >= 0.3 is 0 Å². The van der Waals surface area contributed by atoms with Crippen molar-refractivity contribution in [2.75, 3.05) is 26.2 Å². The van der Waals surface area contributed by atoms with E-state index in [1.807, 2.05) is 26.0 Å². The summed E-state index contributed by atoms with van der Waals surface area (Å²) in [4.78, 5) is 14.9. The van der Waals surface area contributed by atoms with E-state index in [2.05, 4.69) is 33.1 Å². The lowest BCUT2D eigenvalue weighted by Crippen LogP contribution is -2.40. The molecule has 0 spiro atoms. The molecule has 0 radical (unpaired) electrons. The van der Waals surface area contributed by atoms with E-state index in [9.17, 15) is 4.79 Å². The van der Waals surface area contributed by atoms with Gasteiger partial charge in [0.2, 0.25) is 0 Å². The Morgan fingerprint density at radius 1 is 1.48 bits per heavy atom. The molecule has 1 amide bonds. The van der Waals surface area contributed by atoms with Gasteiger partial charge in [0.25, 0.3) is 5.91 Å². The Morgan fingerprint density at radius 3 is 2.96 bits per heavy atom. The number of likely N-dealkylation sites (tertiary alicyclic amines) is 1. The van der Waals surface area contributed by atoms with Crippen molar-refractivity contribution < 1.29 is 9.53 Å². The summed E-state index contributed by atoms with van der Waals surface area (Å²) in [5.41, 5.74) is 0.592. The molecular weight excluding hydrogens is 356 g/mol. The molecule has 1 saturated heterocycles. The van der Waals surface area contributed by atoms with Crippen molar-refractivity contribution in [1.82, 2.24) is 10.2 Å². The highest BCUT2D eigenvalue weighted by Gasteiger charge is 2.17. The number of piperidine rings is 1. The molecule has 1 atom stereocenters. The van der Waals surface area contributed by atoms with E-state index in [1.165, 1.54) is 12.8 Å². The maximum atomic E-state index is 12.4. The molecule has 1 unspecified atom stereocenters. The molecular formula is C18H27BrN2O2. The SMILES string of the molecule is CC1CCCN(CCNC(=O)c2ccc(Br)cc2OC(C)C)C1. The fourth-order valence-electron chi connectivity index (χ4n) is 2.95. The minimum atomic E-state index is -0.0711. The van der Waals surface area contributed by atoms with Crippen molar-refractivity contribution in [2.45, 2.75) is 39.7 Å². The normalized spacial score (nSPS) is 18.9. The minimum Gasteiger partial charge on any atom is -0.490 e. The van der Waals surface area contributed by atoms with Gasteiger partial charge in [0, 0.05) is 24.1 Å². The first-order valence-electron chi connectivity index (χ1n) is 8.42. The second-order valence-corrected chi connectivity index (χ2v) is 7.53. The predicted octanol–water partition coefficient (Wildman–Crippen LogP) is 3.70. The number of rotatable bonds is 6. The van der Waals surface area contributed by atoms with Crippen LogP contribution >= 0.6 is 15.9 Å². The molecule has 2 rings (SSSR count). The Morgan fingerprint density at radius 2 is 2.26 bits per heavy atom. The van der Waals surface area contributed by atoms with Crippen LogP contribution in [0.25, 0.3) is 0 Å². The van der Waals surface area contributed by atoms with E-state index in [-0.39, 0.29) is 12.0 Å². The number of carbonyl (C=O) groups excluding carboxylic acids is 1. The maximum absolute atomic E-state index is 12.4. The summed E-state index contributed by atoms with van der Waals surface area (Å²) in [5.74, 6) is 1.31. The van der Waals surface area contributed by atoms with E-state index in [0.29, 0.717) is 17.9 Å². The van der Waals surface area contributed by atoms with Crippen molar-refractivity contribution in [3.05, 3.63) is 28.2 Å². The van der Waals surface area contributed by atoms with Crippen LogP contribution in [0, 0.1) is 5.92 Å². The summed E-state index contributed by atoms with van der Waals surface area (Å²) >= 11 is 3.43. The monoisotopic (exact) mass is 382 g/mol. The van der Waals surface area contributed by atoms with Crippen LogP contribution in [-0.4, -0.2) is 43.1 Å². The molecule has 1 aromatic rings. The number of ether oxygens (including phenoxy) is 1. The van der Waals surface area contributed by atoms with Crippen LogP contribution in [0.5, 0.6) is 5.75 Å². The molecule has 0 saturated carbocycles. The molecule has 1 aromatic carbocycles. The standard InChI is InChI=1S/C18H27BrN2O2/c1-13(2)23-17-11-15(19)6-7-16(17)18(22)20-8-10-21-9-4-5-14(3)12-21/h6-7,11,13-14H,4-5,8-10,12H2,1-3H3,(H,20,22). The second kappa shape index (κ2) is 8.69. The predicted molar refractivity (Wildman–Crippen MR) is 97.1 cm³/mol. The molecule has 0 bridgehead atoms. The summed E-state index contributed by atoms with van der Waals surface area (Å²) in [5, 5.41) is 3.02. The number of nitrogens with zero attached hydrogens (tertiary/aromatic N) is 1. The van der Waals surface area contributed by atoms with Gasteiger partial charge in [-0.25, -0.2) is 0 Å². The van der Waals surface area contributed by atoms with Crippen LogP contribution in [0.3, 0.4) is 0 Å². The van der Waals surface area contributed by atoms with Gasteiger partial charge in [-0.2, -0.15) is 0 Å². The van der Waals surface area contributed by atoms with Gasteiger partial charge in [-0.15, -0.1) is 0 Å². The smallest absolute Gasteiger partial charge is 0.255 e. The quantitative estimate of drug-likeness (QED) is 0.815. The first-order valence-corrected chi connectivity index (χ1v) is 9.21. The molecule has 1 fully saturated rings. The number of hydrogen-bond donors (Lipinski definition) is 1. The van der Waals surface area contributed by atoms with E-state index in [0.717, 1.165) is 30.0 Å². The average Bonchev–Trinajstić information content (AvgIpc) is 2.46. The Hall–Kier alpha value is -1.07. The first kappa shape index (κ1) is 18.3. The largest absolute Gasteiger partial charge is 0.490 e. The highest BCUT2D eigenvalue weighted by molar-refractivity contribution is 9.10. The average molecular weight is 383 g/mol. The van der Waals surface area contributed by atoms with Crippen LogP contribution in [-0.2, 0) is 0 Å². The van der Waals surface area contributed by atoms with Gasteiger partial charge in [0.05, 0.1) is 11.7 Å². The number of amides is 1. The minimum absolute atomic E-state index is 0.0330. The number of hydrogen-bond acceptors (Lipinski definition) is 3. The summed E-state index contributed by atoms with van der Waals surface area (Å²) in [7, 11) is 0. The Labute approximate surface area is 147 Å². The molecule has 0 aliphatic carbocycles. The van der Waals surface area contributed by atoms with Crippen molar-refractivity contribution in [1.29, 1.82) is 0 Å². The molecule has 1 aliphatic rings. The topological polar surface area (TPSA) is 41.6 Å². The third-order valence-electron chi connectivity index (χ3n) is 4.01. The molecule has 0 aromatic heterocycles. The van der Waals surface area contributed by atoms with Gasteiger partial charge in [0.15, 0.2) is 0 Å². The van der Waals surface area contributed by atoms with Gasteiger partial charge in [-0.05, 0) is 57.4 Å². The lowest BCUT2D eigenvalue weighted by atomic mass is 10.0. The van der Waals surface area contributed by atoms with Crippen molar-refractivity contribution >= 4 is 21.8 Å². The summed E-state index contributed by atoms with van der Waals surface area (Å²) in [6.45, 7) is 10.1. The fraction of sp³-hybridized carbons (Fsp3) is 0.611. The lowest BCUT2D eigenvalue weighted by Gasteiger charge is -2.30. The molecule has 4 nitrogen and oxygen atoms in total. The summed E-state index contributed by atoms with van der Waals surface area (Å²) in [6.07, 6.45) is 2.61. The van der Waals surface area contributed by atoms with E-state index in [1.54, 1.807) is 6.07 Å². The van der Waals surface area contributed by atoms with E-state index in [4.69, 9.17) is 4.74 Å². The number of benzene rings is 1. The maximum Gasteiger partial charge on any atom is 0.255 e. The van der Waals surface area contributed by atoms with Gasteiger partial charge in [-0.1, -0.05) is 22.9 Å². The van der Waals surface area contributed by atoms with Crippen LogP contribution in [0.4, 0.5) is 0 Å². The van der Waals surface area contributed by atoms with Crippen LogP contribution < -0.4 is 10.1 Å². The second-order valence-electron chi connectivity index (χ2n) is 6.61. The van der Waals surface area contributed by atoms with Gasteiger partial charge in [0.1, 0.15) is 5.75 Å². The van der Waals surface area contributed by atoms with E-state index >= 15 is 0 Å². The van der Waals surface area contributed by atoms with Crippen LogP contribution in [0.15, 0.2) is 22.7 Å². The molecule has 1 heterocycles. The zero-order valence-corrected chi connectivity index (χ0v) is 15.9. The fourth-order valence-corrected chi connectivity index (χ4v) is 3.29. The highest BCUT2D eigenvalue weighted by Crippen LogP contribution is 2.24. The van der Waals surface area contributed by atoms with Gasteiger partial charge in [-0.3, -0.25) is 4.79 Å².